The van der Waals surface area contributed by atoms with Crippen LogP contribution in [-0.2, 0) is 0 Å². The molecule has 0 aromatic heterocycles. The van der Waals surface area contributed by atoms with E-state index in [-0.39, 0.29) is 23.3 Å². The molecule has 0 bridgehead atoms. The first kappa shape index (κ1) is 11.0. The Morgan fingerprint density at radius 2 is 2.00 bits per heavy atom. The molecule has 0 saturated carbocycles. The maximum Gasteiger partial charge on any atom is 0.169 e. The predicted octanol–water partition coefficient (Wildman–Crippen LogP) is 2.05. The monoisotopic (exact) mass is 223 g/mol. The minimum Gasteiger partial charge on any atom is -0.324 e. The number of nitrogens with two attached hydrogens (primary N) is 1. The molecule has 84 valence electrons. The summed E-state index contributed by atoms with van der Waals surface area (Å²) in [7, 11) is 0. The molecule has 0 heterocycles. The van der Waals surface area contributed by atoms with Gasteiger partial charge in [-0.25, -0.2) is 8.78 Å². The molecule has 0 saturated heterocycles. The Labute approximate surface area is 91.8 Å². The predicted molar refractivity (Wildman–Crippen MR) is 55.9 cm³/mol. The number of Topliss-reactive ketones (excluding diaryl/α,β-unsaturated/α-hetero) is 1. The minimum atomic E-state index is -1.00. The molecule has 1 aliphatic carbocycles. The van der Waals surface area contributed by atoms with Crippen LogP contribution in [0.15, 0.2) is 30.4 Å². The van der Waals surface area contributed by atoms with Crippen molar-refractivity contribution in [1.82, 2.24) is 0 Å². The van der Waals surface area contributed by atoms with Crippen molar-refractivity contribution in [2.24, 2.45) is 11.7 Å². The average molecular weight is 223 g/mol. The second-order valence-corrected chi connectivity index (χ2v) is 3.88. The van der Waals surface area contributed by atoms with Gasteiger partial charge in [0.2, 0.25) is 0 Å². The number of ketones is 1. The summed E-state index contributed by atoms with van der Waals surface area (Å²) in [6.07, 6.45) is 3.99. The summed E-state index contributed by atoms with van der Waals surface area (Å²) in [5.74, 6) is -2.49. The number of halogens is 2. The Balaban J connectivity index is 2.21. The summed E-state index contributed by atoms with van der Waals surface area (Å²) in [6.45, 7) is 0. The van der Waals surface area contributed by atoms with Gasteiger partial charge in [-0.1, -0.05) is 12.2 Å². The fraction of sp³-hybridized carbons (Fsp3) is 0.250. The first-order valence-corrected chi connectivity index (χ1v) is 5.01. The molecular weight excluding hydrogens is 212 g/mol. The third-order valence-corrected chi connectivity index (χ3v) is 2.66. The van der Waals surface area contributed by atoms with Crippen LogP contribution in [0.4, 0.5) is 8.78 Å². The van der Waals surface area contributed by atoms with Crippen LogP contribution in [-0.4, -0.2) is 11.8 Å². The quantitative estimate of drug-likeness (QED) is 0.616. The number of benzene rings is 1. The molecule has 16 heavy (non-hydrogen) atoms. The number of allylic oxidation sites excluding steroid dienone is 1. The van der Waals surface area contributed by atoms with Crippen LogP contribution in [0.1, 0.15) is 16.8 Å². The normalized spacial score (nSPS) is 23.7. The van der Waals surface area contributed by atoms with Gasteiger partial charge in [0, 0.05) is 17.5 Å². The second-order valence-electron chi connectivity index (χ2n) is 3.88. The van der Waals surface area contributed by atoms with Crippen molar-refractivity contribution in [3.05, 3.63) is 47.5 Å². The van der Waals surface area contributed by atoms with Crippen molar-refractivity contribution in [1.29, 1.82) is 0 Å². The van der Waals surface area contributed by atoms with Gasteiger partial charge in [-0.05, 0) is 24.6 Å². The molecule has 0 aliphatic heterocycles. The summed E-state index contributed by atoms with van der Waals surface area (Å²) < 4.78 is 25.6. The fourth-order valence-electron chi connectivity index (χ4n) is 1.79. The van der Waals surface area contributed by atoms with Gasteiger partial charge in [0.25, 0.3) is 0 Å². The van der Waals surface area contributed by atoms with Crippen molar-refractivity contribution >= 4 is 5.78 Å². The summed E-state index contributed by atoms with van der Waals surface area (Å²) in [5, 5.41) is 0. The van der Waals surface area contributed by atoms with Crippen LogP contribution < -0.4 is 5.73 Å². The highest BCUT2D eigenvalue weighted by Gasteiger charge is 2.24. The van der Waals surface area contributed by atoms with E-state index in [9.17, 15) is 13.6 Å². The van der Waals surface area contributed by atoms with Crippen molar-refractivity contribution in [2.75, 3.05) is 0 Å². The van der Waals surface area contributed by atoms with Crippen LogP contribution in [0.2, 0.25) is 0 Å². The molecule has 0 spiro atoms. The molecule has 0 radical (unpaired) electrons. The SMILES string of the molecule is NC1C=CC(C(=O)c2ccc(F)c(F)c2)C1. The van der Waals surface area contributed by atoms with E-state index >= 15 is 0 Å². The Hall–Kier alpha value is -1.55. The van der Waals surface area contributed by atoms with Gasteiger partial charge >= 0.3 is 0 Å². The van der Waals surface area contributed by atoms with Gasteiger partial charge in [-0.2, -0.15) is 0 Å². The highest BCUT2D eigenvalue weighted by atomic mass is 19.2. The molecule has 4 heteroatoms. The topological polar surface area (TPSA) is 43.1 Å². The van der Waals surface area contributed by atoms with Crippen LogP contribution in [0.5, 0.6) is 0 Å². The molecular formula is C12H11F2NO. The third kappa shape index (κ3) is 2.02. The van der Waals surface area contributed by atoms with Gasteiger partial charge in [0.15, 0.2) is 17.4 Å². The Morgan fingerprint density at radius 1 is 1.25 bits per heavy atom. The molecule has 1 aliphatic rings. The minimum absolute atomic E-state index is 0.126. The lowest BCUT2D eigenvalue weighted by Crippen LogP contribution is -2.19. The lowest BCUT2D eigenvalue weighted by Gasteiger charge is -2.08. The Morgan fingerprint density at radius 3 is 2.56 bits per heavy atom. The fourth-order valence-corrected chi connectivity index (χ4v) is 1.79. The third-order valence-electron chi connectivity index (χ3n) is 2.66. The maximum atomic E-state index is 12.9. The summed E-state index contributed by atoms with van der Waals surface area (Å²) in [4.78, 5) is 11.9. The van der Waals surface area contributed by atoms with E-state index in [1.807, 2.05) is 0 Å². The molecule has 1 aromatic rings. The van der Waals surface area contributed by atoms with Gasteiger partial charge in [-0.15, -0.1) is 0 Å². The van der Waals surface area contributed by atoms with E-state index in [1.54, 1.807) is 12.2 Å². The number of hydrogen-bond acceptors (Lipinski definition) is 2. The highest BCUT2D eigenvalue weighted by molar-refractivity contribution is 5.99. The summed E-state index contributed by atoms with van der Waals surface area (Å²) in [5.41, 5.74) is 5.80. The number of rotatable bonds is 2. The molecule has 2 rings (SSSR count). The van der Waals surface area contributed by atoms with Crippen LogP contribution in [0.3, 0.4) is 0 Å². The Bertz CT molecular complexity index is 456. The summed E-state index contributed by atoms with van der Waals surface area (Å²) in [6, 6.07) is 3.05. The molecule has 2 atom stereocenters. The highest BCUT2D eigenvalue weighted by Crippen LogP contribution is 2.22. The Kier molecular flexibility index (Phi) is 2.83. The lowest BCUT2D eigenvalue weighted by molar-refractivity contribution is 0.0942. The zero-order chi connectivity index (χ0) is 11.7. The zero-order valence-corrected chi connectivity index (χ0v) is 8.49. The van der Waals surface area contributed by atoms with Gasteiger partial charge in [0.05, 0.1) is 0 Å². The van der Waals surface area contributed by atoms with Gasteiger partial charge in [0.1, 0.15) is 0 Å². The van der Waals surface area contributed by atoms with E-state index in [0.717, 1.165) is 12.1 Å². The molecule has 0 fully saturated rings. The largest absolute Gasteiger partial charge is 0.324 e. The maximum absolute atomic E-state index is 12.9. The average Bonchev–Trinajstić information content (AvgIpc) is 2.68. The van der Waals surface area contributed by atoms with Crippen LogP contribution >= 0.6 is 0 Å². The van der Waals surface area contributed by atoms with Crippen molar-refractivity contribution < 1.29 is 13.6 Å². The van der Waals surface area contributed by atoms with Crippen LogP contribution in [0, 0.1) is 17.6 Å². The van der Waals surface area contributed by atoms with Crippen molar-refractivity contribution in [3.63, 3.8) is 0 Å². The van der Waals surface area contributed by atoms with E-state index in [1.165, 1.54) is 6.07 Å². The molecule has 2 N–H and O–H groups in total. The van der Waals surface area contributed by atoms with E-state index in [0.29, 0.717) is 6.42 Å². The van der Waals surface area contributed by atoms with E-state index < -0.39 is 11.6 Å². The van der Waals surface area contributed by atoms with Crippen LogP contribution in [0.25, 0.3) is 0 Å². The molecule has 1 aromatic carbocycles. The standard InChI is InChI=1S/C12H11F2NO/c13-10-4-2-8(6-11(10)14)12(16)7-1-3-9(15)5-7/h1-4,6-7,9H,5,15H2. The smallest absolute Gasteiger partial charge is 0.169 e. The molecule has 2 nitrogen and oxygen atoms in total. The van der Waals surface area contributed by atoms with Crippen molar-refractivity contribution in [2.45, 2.75) is 12.5 Å². The number of hydrogen-bond donors (Lipinski definition) is 1. The summed E-state index contributed by atoms with van der Waals surface area (Å²) >= 11 is 0. The number of carbonyl (C=O) groups excluding carboxylic acids is 1. The first-order valence-electron chi connectivity index (χ1n) is 5.01. The first-order chi connectivity index (χ1) is 7.58. The molecule has 0 amide bonds. The van der Waals surface area contributed by atoms with E-state index in [4.69, 9.17) is 5.73 Å². The van der Waals surface area contributed by atoms with Crippen molar-refractivity contribution in [3.8, 4) is 0 Å². The number of carbonyl (C=O) groups is 1. The lowest BCUT2D eigenvalue weighted by atomic mass is 9.96. The van der Waals surface area contributed by atoms with Gasteiger partial charge < -0.3 is 5.73 Å². The van der Waals surface area contributed by atoms with E-state index in [2.05, 4.69) is 0 Å². The molecule has 2 unspecified atom stereocenters. The van der Waals surface area contributed by atoms with Gasteiger partial charge in [-0.3, -0.25) is 4.79 Å². The second kappa shape index (κ2) is 4.14. The zero-order valence-electron chi connectivity index (χ0n) is 8.49.